The fourth-order valence-corrected chi connectivity index (χ4v) is 5.41. The Labute approximate surface area is 193 Å². The molecule has 0 radical (unpaired) electrons. The predicted molar refractivity (Wildman–Crippen MR) is 124 cm³/mol. The van der Waals surface area contributed by atoms with Crippen molar-refractivity contribution in [1.82, 2.24) is 19.6 Å². The van der Waals surface area contributed by atoms with E-state index in [1.54, 1.807) is 11.0 Å². The number of halogens is 2. The highest BCUT2D eigenvalue weighted by atomic mass is 35.5. The number of benzene rings is 2. The number of nitrogens with one attached hydrogen (secondary N) is 1. The van der Waals surface area contributed by atoms with Gasteiger partial charge in [-0.3, -0.25) is 14.0 Å². The summed E-state index contributed by atoms with van der Waals surface area (Å²) in [5.74, 6) is 0.386. The van der Waals surface area contributed by atoms with Gasteiger partial charge < -0.3 is 9.88 Å². The normalized spacial score (nSPS) is 16.3. The maximum Gasteiger partial charge on any atom is 0.294 e. The number of carbonyl (C=O) groups is 1. The van der Waals surface area contributed by atoms with Gasteiger partial charge in [0.05, 0.1) is 16.1 Å². The third kappa shape index (κ3) is 3.08. The highest BCUT2D eigenvalue weighted by molar-refractivity contribution is 6.31. The molecule has 4 aromatic rings. The number of nitrogens with zero attached hydrogens (tertiary/aromatic N) is 4. The van der Waals surface area contributed by atoms with E-state index in [9.17, 15) is 14.0 Å². The molecule has 9 heteroatoms. The molecule has 0 bridgehead atoms. The van der Waals surface area contributed by atoms with Crippen LogP contribution in [-0.4, -0.2) is 32.0 Å². The monoisotopic (exact) mass is 465 g/mol. The second-order valence-corrected chi connectivity index (χ2v) is 9.35. The van der Waals surface area contributed by atoms with E-state index in [-0.39, 0.29) is 28.1 Å². The summed E-state index contributed by atoms with van der Waals surface area (Å²) < 4.78 is 15.7. The van der Waals surface area contributed by atoms with E-state index in [0.717, 1.165) is 48.2 Å². The molecule has 1 N–H and O–H groups in total. The van der Waals surface area contributed by atoms with Crippen LogP contribution in [0.4, 0.5) is 10.1 Å². The lowest BCUT2D eigenvalue weighted by Gasteiger charge is -2.19. The third-order valence-electron chi connectivity index (χ3n) is 6.94. The van der Waals surface area contributed by atoms with Gasteiger partial charge in [0.1, 0.15) is 11.6 Å². The van der Waals surface area contributed by atoms with Crippen LogP contribution in [0, 0.1) is 12.7 Å². The number of anilines is 1. The lowest BCUT2D eigenvalue weighted by atomic mass is 10.0. The van der Waals surface area contributed by atoms with Crippen LogP contribution in [0.2, 0.25) is 5.02 Å². The van der Waals surface area contributed by atoms with Crippen molar-refractivity contribution in [2.75, 3.05) is 11.4 Å². The van der Waals surface area contributed by atoms with Gasteiger partial charge in [-0.15, -0.1) is 10.2 Å². The molecule has 0 unspecified atom stereocenters. The van der Waals surface area contributed by atoms with Gasteiger partial charge in [-0.05, 0) is 61.6 Å². The van der Waals surface area contributed by atoms with E-state index in [4.69, 9.17) is 11.6 Å². The molecule has 0 saturated heterocycles. The molecular weight excluding hydrogens is 445 g/mol. The van der Waals surface area contributed by atoms with Crippen LogP contribution in [0.3, 0.4) is 0 Å². The molecule has 0 atom stereocenters. The second-order valence-electron chi connectivity index (χ2n) is 8.94. The average Bonchev–Trinajstić information content (AvgIpc) is 3.53. The maximum absolute atomic E-state index is 13.9. The number of hydrogen-bond acceptors (Lipinski definition) is 4. The SMILES string of the molecule is Cc1cc2c(cc1C(=O)N1CCc3cc(F)c(Cl)cc31)[nH]c(=O)c1nnc(C3CCCC3)n12. The van der Waals surface area contributed by atoms with Gasteiger partial charge in [0, 0.05) is 23.7 Å². The molecule has 6 rings (SSSR count). The maximum atomic E-state index is 13.9. The number of rotatable bonds is 2. The Hall–Kier alpha value is -3.26. The van der Waals surface area contributed by atoms with E-state index in [0.29, 0.717) is 29.7 Å². The second kappa shape index (κ2) is 7.38. The van der Waals surface area contributed by atoms with E-state index < -0.39 is 5.82 Å². The van der Waals surface area contributed by atoms with Crippen molar-refractivity contribution in [2.24, 2.45) is 0 Å². The smallest absolute Gasteiger partial charge is 0.294 e. The molecule has 168 valence electrons. The number of aromatic nitrogens is 4. The van der Waals surface area contributed by atoms with Crippen LogP contribution in [0.15, 0.2) is 29.1 Å². The highest BCUT2D eigenvalue weighted by Gasteiger charge is 2.29. The number of hydrogen-bond donors (Lipinski definition) is 1. The first kappa shape index (κ1) is 20.4. The molecule has 1 aliphatic carbocycles. The zero-order valence-electron chi connectivity index (χ0n) is 18.0. The lowest BCUT2D eigenvalue weighted by molar-refractivity contribution is 0.0989. The Balaban J connectivity index is 1.49. The van der Waals surface area contributed by atoms with Gasteiger partial charge in [-0.25, -0.2) is 4.39 Å². The Kier molecular flexibility index (Phi) is 4.55. The molecule has 1 aliphatic heterocycles. The van der Waals surface area contributed by atoms with Crippen LogP contribution in [0.25, 0.3) is 16.7 Å². The van der Waals surface area contributed by atoms with Crippen molar-refractivity contribution in [2.45, 2.75) is 44.9 Å². The summed E-state index contributed by atoms with van der Waals surface area (Å²) >= 11 is 5.98. The first-order valence-corrected chi connectivity index (χ1v) is 11.5. The number of aromatic amines is 1. The van der Waals surface area contributed by atoms with Gasteiger partial charge in [-0.1, -0.05) is 24.4 Å². The first-order chi connectivity index (χ1) is 15.9. The van der Waals surface area contributed by atoms with E-state index in [1.807, 2.05) is 17.4 Å². The van der Waals surface area contributed by atoms with Crippen LogP contribution in [-0.2, 0) is 6.42 Å². The minimum atomic E-state index is -0.486. The van der Waals surface area contributed by atoms with E-state index >= 15 is 0 Å². The summed E-state index contributed by atoms with van der Waals surface area (Å²) in [7, 11) is 0. The lowest BCUT2D eigenvalue weighted by Crippen LogP contribution is -2.29. The number of amides is 1. The zero-order chi connectivity index (χ0) is 22.9. The highest BCUT2D eigenvalue weighted by Crippen LogP contribution is 2.36. The van der Waals surface area contributed by atoms with Crippen LogP contribution < -0.4 is 10.5 Å². The largest absolute Gasteiger partial charge is 0.317 e. The van der Waals surface area contributed by atoms with Crippen molar-refractivity contribution in [3.05, 3.63) is 68.0 Å². The van der Waals surface area contributed by atoms with Gasteiger partial charge >= 0.3 is 0 Å². The van der Waals surface area contributed by atoms with Gasteiger partial charge in [0.2, 0.25) is 5.65 Å². The summed E-state index contributed by atoms with van der Waals surface area (Å²) in [4.78, 5) is 30.7. The molecule has 3 heterocycles. The number of fused-ring (bicyclic) bond motifs is 4. The van der Waals surface area contributed by atoms with E-state index in [1.165, 1.54) is 12.1 Å². The van der Waals surface area contributed by atoms with Gasteiger partial charge in [0.25, 0.3) is 11.5 Å². The molecule has 33 heavy (non-hydrogen) atoms. The van der Waals surface area contributed by atoms with Crippen molar-refractivity contribution in [3.63, 3.8) is 0 Å². The molecule has 7 nitrogen and oxygen atoms in total. The van der Waals surface area contributed by atoms with Crippen molar-refractivity contribution in [1.29, 1.82) is 0 Å². The average molecular weight is 466 g/mol. The molecule has 2 aliphatic rings. The molecule has 2 aromatic carbocycles. The van der Waals surface area contributed by atoms with Crippen LogP contribution in [0.1, 0.15) is 58.9 Å². The zero-order valence-corrected chi connectivity index (χ0v) is 18.7. The summed E-state index contributed by atoms with van der Waals surface area (Å²) in [5, 5.41) is 8.50. The molecular formula is C24H21ClFN5O2. The van der Waals surface area contributed by atoms with Crippen LogP contribution >= 0.6 is 11.6 Å². The first-order valence-electron chi connectivity index (χ1n) is 11.1. The standard InChI is InChI=1S/C24H21ClFN5O2/c1-12-8-20-18(27-23(32)22-29-28-21(31(20)22)13-4-2-3-5-13)10-15(12)24(33)30-7-6-14-9-17(26)16(25)11-19(14)30/h8-11,13H,2-7H2,1H3,(H,27,32). The predicted octanol–water partition coefficient (Wildman–Crippen LogP) is 4.53. The Morgan fingerprint density at radius 2 is 1.97 bits per heavy atom. The van der Waals surface area contributed by atoms with Crippen LogP contribution in [0.5, 0.6) is 0 Å². The van der Waals surface area contributed by atoms with Gasteiger partial charge in [-0.2, -0.15) is 0 Å². The molecule has 1 fully saturated rings. The molecule has 1 amide bonds. The van der Waals surface area contributed by atoms with Crippen molar-refractivity contribution >= 4 is 39.9 Å². The number of H-pyrrole nitrogens is 1. The summed E-state index contributed by atoms with van der Waals surface area (Å²) in [5.41, 5.74) is 3.88. The van der Waals surface area contributed by atoms with E-state index in [2.05, 4.69) is 15.2 Å². The summed E-state index contributed by atoms with van der Waals surface area (Å²) in [6.07, 6.45) is 4.90. The quantitative estimate of drug-likeness (QED) is 0.471. The minimum Gasteiger partial charge on any atom is -0.317 e. The number of aryl methyl sites for hydroxylation is 1. The third-order valence-corrected chi connectivity index (χ3v) is 7.23. The van der Waals surface area contributed by atoms with Crippen molar-refractivity contribution in [3.8, 4) is 0 Å². The van der Waals surface area contributed by atoms with Gasteiger partial charge in [0.15, 0.2) is 0 Å². The fraction of sp³-hybridized carbons (Fsp3) is 0.333. The Morgan fingerprint density at radius 3 is 2.76 bits per heavy atom. The topological polar surface area (TPSA) is 83.4 Å². The molecule has 1 saturated carbocycles. The van der Waals surface area contributed by atoms with Crippen molar-refractivity contribution < 1.29 is 9.18 Å². The fourth-order valence-electron chi connectivity index (χ4n) is 5.25. The Morgan fingerprint density at radius 1 is 1.18 bits per heavy atom. The summed E-state index contributed by atoms with van der Waals surface area (Å²) in [6.45, 7) is 2.32. The summed E-state index contributed by atoms with van der Waals surface area (Å²) in [6, 6.07) is 6.52. The Bertz CT molecular complexity index is 1520. The molecule has 0 spiro atoms. The minimum absolute atomic E-state index is 0.0116. The number of carbonyl (C=O) groups excluding carboxylic acids is 1. The molecule has 2 aromatic heterocycles.